The Balaban J connectivity index is 2.46. The summed E-state index contributed by atoms with van der Waals surface area (Å²) >= 11 is 0. The first kappa shape index (κ1) is 15.3. The first-order valence-electron chi connectivity index (χ1n) is 6.46. The first-order valence-corrected chi connectivity index (χ1v) is 6.46. The van der Waals surface area contributed by atoms with Gasteiger partial charge in [-0.15, -0.1) is 0 Å². The van der Waals surface area contributed by atoms with Crippen LogP contribution in [0.1, 0.15) is 26.7 Å². The van der Waals surface area contributed by atoms with E-state index in [-0.39, 0.29) is 25.0 Å². The maximum absolute atomic E-state index is 11.9. The van der Waals surface area contributed by atoms with Gasteiger partial charge in [0.25, 0.3) is 0 Å². The lowest BCUT2D eigenvalue weighted by Crippen LogP contribution is -2.46. The van der Waals surface area contributed by atoms with E-state index in [2.05, 4.69) is 10.1 Å². The molecule has 1 aliphatic rings. The third-order valence-corrected chi connectivity index (χ3v) is 2.79. The van der Waals surface area contributed by atoms with E-state index in [1.54, 1.807) is 13.8 Å². The monoisotopic (exact) mass is 272 g/mol. The van der Waals surface area contributed by atoms with Crippen LogP contribution in [0.15, 0.2) is 0 Å². The zero-order valence-corrected chi connectivity index (χ0v) is 11.3. The molecule has 7 heteroatoms. The van der Waals surface area contributed by atoms with Gasteiger partial charge in [-0.25, -0.2) is 9.59 Å². The zero-order valence-electron chi connectivity index (χ0n) is 11.3. The number of ether oxygens (including phenoxy) is 2. The van der Waals surface area contributed by atoms with Crippen molar-refractivity contribution >= 4 is 18.0 Å². The Labute approximate surface area is 112 Å². The molecule has 1 atom stereocenters. The molecule has 1 rings (SSSR count). The lowest BCUT2D eigenvalue weighted by atomic mass is 10.2. The number of alkyl carbamates (subject to hydrolysis) is 1. The van der Waals surface area contributed by atoms with Gasteiger partial charge in [-0.05, 0) is 26.7 Å². The van der Waals surface area contributed by atoms with Crippen LogP contribution in [0.4, 0.5) is 4.79 Å². The highest BCUT2D eigenvalue weighted by Gasteiger charge is 2.34. The van der Waals surface area contributed by atoms with Gasteiger partial charge >= 0.3 is 12.1 Å². The van der Waals surface area contributed by atoms with E-state index in [4.69, 9.17) is 4.74 Å². The van der Waals surface area contributed by atoms with E-state index in [0.717, 1.165) is 6.42 Å². The Morgan fingerprint density at radius 1 is 1.21 bits per heavy atom. The molecule has 1 saturated heterocycles. The van der Waals surface area contributed by atoms with Crippen molar-refractivity contribution in [3.05, 3.63) is 0 Å². The van der Waals surface area contributed by atoms with Gasteiger partial charge in [-0.2, -0.15) is 0 Å². The molecule has 0 bridgehead atoms. The summed E-state index contributed by atoms with van der Waals surface area (Å²) in [5, 5.41) is 2.35. The van der Waals surface area contributed by atoms with E-state index in [0.29, 0.717) is 19.6 Å². The molecule has 108 valence electrons. The number of carbonyl (C=O) groups excluding carboxylic acids is 3. The number of amides is 2. The molecule has 1 unspecified atom stereocenters. The summed E-state index contributed by atoms with van der Waals surface area (Å²) in [6.45, 7) is 4.27. The first-order chi connectivity index (χ1) is 9.10. The van der Waals surface area contributed by atoms with Gasteiger partial charge in [-0.1, -0.05) is 0 Å². The number of esters is 1. The average Bonchev–Trinajstić information content (AvgIpc) is 2.86. The minimum absolute atomic E-state index is 0.172. The van der Waals surface area contributed by atoms with Crippen LogP contribution in [0.25, 0.3) is 0 Å². The summed E-state index contributed by atoms with van der Waals surface area (Å²) in [7, 11) is 0. The molecule has 1 N–H and O–H groups in total. The van der Waals surface area contributed by atoms with Crippen molar-refractivity contribution in [2.75, 3.05) is 26.3 Å². The molecule has 0 spiro atoms. The van der Waals surface area contributed by atoms with Gasteiger partial charge in [0.1, 0.15) is 12.6 Å². The smallest absolute Gasteiger partial charge is 0.407 e. The van der Waals surface area contributed by atoms with Gasteiger partial charge in [-0.3, -0.25) is 4.79 Å². The van der Waals surface area contributed by atoms with Gasteiger partial charge in [0.2, 0.25) is 5.91 Å². The highest BCUT2D eigenvalue weighted by molar-refractivity contribution is 5.87. The van der Waals surface area contributed by atoms with E-state index >= 15 is 0 Å². The zero-order chi connectivity index (χ0) is 14.3. The molecule has 1 aliphatic heterocycles. The fraction of sp³-hybridized carbons (Fsp3) is 0.750. The highest BCUT2D eigenvalue weighted by Crippen LogP contribution is 2.18. The number of carbonyl (C=O) groups is 3. The Kier molecular flexibility index (Phi) is 6.11. The van der Waals surface area contributed by atoms with Crippen LogP contribution in [0, 0.1) is 0 Å². The van der Waals surface area contributed by atoms with Crippen LogP contribution in [-0.2, 0) is 19.1 Å². The lowest BCUT2D eigenvalue weighted by molar-refractivity contribution is -0.152. The average molecular weight is 272 g/mol. The summed E-state index contributed by atoms with van der Waals surface area (Å²) in [4.78, 5) is 36.1. The molecule has 0 aromatic carbocycles. The summed E-state index contributed by atoms with van der Waals surface area (Å²) in [6.07, 6.45) is 0.723. The largest absolute Gasteiger partial charge is 0.464 e. The van der Waals surface area contributed by atoms with Crippen molar-refractivity contribution < 1.29 is 23.9 Å². The number of nitrogens with one attached hydrogen (secondary N) is 1. The van der Waals surface area contributed by atoms with E-state index in [1.807, 2.05) is 0 Å². The van der Waals surface area contributed by atoms with Crippen LogP contribution in [0.5, 0.6) is 0 Å². The molecular weight excluding hydrogens is 252 g/mol. The maximum Gasteiger partial charge on any atom is 0.407 e. The maximum atomic E-state index is 11.9. The molecular formula is C12H20N2O5. The van der Waals surface area contributed by atoms with Crippen molar-refractivity contribution in [1.82, 2.24) is 10.2 Å². The Bertz CT molecular complexity index is 345. The number of rotatable bonds is 5. The molecule has 2 amide bonds. The predicted octanol–water partition coefficient (Wildman–Crippen LogP) is 0.287. The minimum atomic E-state index is -0.636. The second-order valence-corrected chi connectivity index (χ2v) is 4.07. The molecule has 0 radical (unpaired) electrons. The van der Waals surface area contributed by atoms with Gasteiger partial charge in [0.05, 0.1) is 13.2 Å². The normalized spacial score (nSPS) is 18.0. The molecule has 7 nitrogen and oxygen atoms in total. The van der Waals surface area contributed by atoms with Crippen LogP contribution in [0.3, 0.4) is 0 Å². The fourth-order valence-corrected chi connectivity index (χ4v) is 1.98. The van der Waals surface area contributed by atoms with Crippen molar-refractivity contribution in [2.45, 2.75) is 32.7 Å². The highest BCUT2D eigenvalue weighted by atomic mass is 16.5. The van der Waals surface area contributed by atoms with Crippen molar-refractivity contribution in [1.29, 1.82) is 0 Å². The van der Waals surface area contributed by atoms with Crippen LogP contribution < -0.4 is 5.32 Å². The van der Waals surface area contributed by atoms with Crippen LogP contribution >= 0.6 is 0 Å². The molecule has 0 aromatic heterocycles. The molecule has 1 fully saturated rings. The summed E-state index contributed by atoms with van der Waals surface area (Å²) in [6, 6.07) is -0.531. The Hall–Kier alpha value is -1.79. The van der Waals surface area contributed by atoms with E-state index < -0.39 is 12.1 Å². The minimum Gasteiger partial charge on any atom is -0.464 e. The standard InChI is InChI=1S/C12H20N2O5/c1-3-18-11(16)9-6-5-7-14(9)10(15)8-13-12(17)19-4-2/h9H,3-8H2,1-2H3,(H,13,17). The molecule has 1 heterocycles. The molecule has 0 aliphatic carbocycles. The van der Waals surface area contributed by atoms with Crippen LogP contribution in [0.2, 0.25) is 0 Å². The number of nitrogens with zero attached hydrogens (tertiary/aromatic N) is 1. The second kappa shape index (κ2) is 7.60. The van der Waals surface area contributed by atoms with Gasteiger partial charge in [0, 0.05) is 6.54 Å². The summed E-state index contributed by atoms with van der Waals surface area (Å²) < 4.78 is 9.58. The van der Waals surface area contributed by atoms with E-state index in [9.17, 15) is 14.4 Å². The van der Waals surface area contributed by atoms with Gasteiger partial charge < -0.3 is 19.7 Å². The Morgan fingerprint density at radius 2 is 1.89 bits per heavy atom. The van der Waals surface area contributed by atoms with Crippen LogP contribution in [-0.4, -0.2) is 55.2 Å². The third kappa shape index (κ3) is 4.42. The Morgan fingerprint density at radius 3 is 2.53 bits per heavy atom. The van der Waals surface area contributed by atoms with Crippen molar-refractivity contribution in [3.8, 4) is 0 Å². The molecule has 19 heavy (non-hydrogen) atoms. The number of likely N-dealkylation sites (tertiary alicyclic amines) is 1. The van der Waals surface area contributed by atoms with E-state index in [1.165, 1.54) is 4.90 Å². The fourth-order valence-electron chi connectivity index (χ4n) is 1.98. The molecule has 0 saturated carbocycles. The van der Waals surface area contributed by atoms with Gasteiger partial charge in [0.15, 0.2) is 0 Å². The number of hydrogen-bond donors (Lipinski definition) is 1. The van der Waals surface area contributed by atoms with Crippen molar-refractivity contribution in [3.63, 3.8) is 0 Å². The second-order valence-electron chi connectivity index (χ2n) is 4.07. The van der Waals surface area contributed by atoms with Crippen molar-refractivity contribution in [2.24, 2.45) is 0 Å². The SMILES string of the molecule is CCOC(=O)NCC(=O)N1CCCC1C(=O)OCC. The third-order valence-electron chi connectivity index (χ3n) is 2.79. The molecule has 0 aromatic rings. The lowest BCUT2D eigenvalue weighted by Gasteiger charge is -2.23. The number of hydrogen-bond acceptors (Lipinski definition) is 5. The predicted molar refractivity (Wildman–Crippen MR) is 66.4 cm³/mol. The summed E-state index contributed by atoms with van der Waals surface area (Å²) in [5.74, 6) is -0.687. The topological polar surface area (TPSA) is 84.9 Å². The summed E-state index contributed by atoms with van der Waals surface area (Å²) in [5.41, 5.74) is 0. The quantitative estimate of drug-likeness (QED) is 0.727.